The minimum absolute atomic E-state index is 0.0754. The van der Waals surface area contributed by atoms with Crippen LogP contribution in [0.15, 0.2) is 77.3 Å². The zero-order valence-corrected chi connectivity index (χ0v) is 16.6. The van der Waals surface area contributed by atoms with Crippen molar-refractivity contribution in [3.8, 4) is 0 Å². The molecule has 0 spiro atoms. The van der Waals surface area contributed by atoms with Crippen LogP contribution in [0.25, 0.3) is 0 Å². The highest BCUT2D eigenvalue weighted by molar-refractivity contribution is 9.10. The smallest absolute Gasteiger partial charge is 0.165 e. The van der Waals surface area contributed by atoms with E-state index < -0.39 is 0 Å². The molecule has 0 saturated carbocycles. The van der Waals surface area contributed by atoms with E-state index in [0.29, 0.717) is 6.42 Å². The Labute approximate surface area is 163 Å². The van der Waals surface area contributed by atoms with Crippen LogP contribution in [0, 0.1) is 13.8 Å². The second kappa shape index (κ2) is 8.33. The van der Waals surface area contributed by atoms with Crippen molar-refractivity contribution in [1.82, 2.24) is 0 Å². The average Bonchev–Trinajstić information content (AvgIpc) is 2.62. The molecule has 0 aliphatic rings. The molecule has 132 valence electrons. The zero-order chi connectivity index (χ0) is 18.5. The first-order valence-corrected chi connectivity index (χ1v) is 9.49. The van der Waals surface area contributed by atoms with E-state index in [1.54, 1.807) is 0 Å². The van der Waals surface area contributed by atoms with Crippen LogP contribution in [-0.4, -0.2) is 5.78 Å². The van der Waals surface area contributed by atoms with E-state index >= 15 is 0 Å². The highest BCUT2D eigenvalue weighted by Crippen LogP contribution is 2.26. The molecule has 0 aromatic heterocycles. The normalized spacial score (nSPS) is 11.8. The summed E-state index contributed by atoms with van der Waals surface area (Å²) in [5, 5.41) is 3.54. The van der Waals surface area contributed by atoms with Crippen LogP contribution in [0.4, 0.5) is 5.69 Å². The van der Waals surface area contributed by atoms with Crippen molar-refractivity contribution in [3.63, 3.8) is 0 Å². The van der Waals surface area contributed by atoms with Crippen molar-refractivity contribution in [1.29, 1.82) is 0 Å². The Bertz CT molecular complexity index is 885. The van der Waals surface area contributed by atoms with Crippen LogP contribution in [0.5, 0.6) is 0 Å². The van der Waals surface area contributed by atoms with E-state index in [9.17, 15) is 4.79 Å². The van der Waals surface area contributed by atoms with Gasteiger partial charge >= 0.3 is 0 Å². The van der Waals surface area contributed by atoms with Crippen molar-refractivity contribution < 1.29 is 4.79 Å². The number of rotatable bonds is 6. The van der Waals surface area contributed by atoms with Crippen molar-refractivity contribution in [2.45, 2.75) is 26.3 Å². The lowest BCUT2D eigenvalue weighted by atomic mass is 9.97. The second-order valence-electron chi connectivity index (χ2n) is 6.61. The molecule has 0 bridgehead atoms. The molecule has 26 heavy (non-hydrogen) atoms. The molecule has 0 aliphatic carbocycles. The van der Waals surface area contributed by atoms with Crippen molar-refractivity contribution >= 4 is 27.4 Å². The van der Waals surface area contributed by atoms with E-state index in [2.05, 4.69) is 71.5 Å². The molecular weight excluding hydrogens is 386 g/mol. The summed E-state index contributed by atoms with van der Waals surface area (Å²) in [6.07, 6.45) is 0.401. The van der Waals surface area contributed by atoms with Gasteiger partial charge in [0.1, 0.15) is 0 Å². The maximum absolute atomic E-state index is 12.8. The van der Waals surface area contributed by atoms with Crippen LogP contribution in [0.1, 0.15) is 39.5 Å². The summed E-state index contributed by atoms with van der Waals surface area (Å²) in [6, 6.07) is 24.1. The van der Waals surface area contributed by atoms with E-state index in [1.807, 2.05) is 36.4 Å². The molecule has 2 nitrogen and oxygen atoms in total. The quantitative estimate of drug-likeness (QED) is 0.472. The van der Waals surface area contributed by atoms with E-state index in [-0.39, 0.29) is 11.8 Å². The lowest BCUT2D eigenvalue weighted by Gasteiger charge is -2.20. The molecule has 3 aromatic rings. The number of hydrogen-bond acceptors (Lipinski definition) is 2. The molecular formula is C23H22BrNO. The fourth-order valence-electron chi connectivity index (χ4n) is 2.93. The van der Waals surface area contributed by atoms with Crippen LogP contribution in [0.2, 0.25) is 0 Å². The van der Waals surface area contributed by atoms with Crippen LogP contribution < -0.4 is 5.32 Å². The standard InChI is InChI=1S/C23H22BrNO/c1-16-6-8-18(9-7-16)22(25-21-5-3-4-17(2)14-21)15-23(26)19-10-12-20(24)13-11-19/h3-14,22,25H,15H2,1-2H3. The topological polar surface area (TPSA) is 29.1 Å². The van der Waals surface area contributed by atoms with Gasteiger partial charge in [0.2, 0.25) is 0 Å². The van der Waals surface area contributed by atoms with E-state index in [4.69, 9.17) is 0 Å². The van der Waals surface area contributed by atoms with Gasteiger partial charge in [-0.3, -0.25) is 4.79 Å². The summed E-state index contributed by atoms with van der Waals surface area (Å²) in [5.74, 6) is 0.128. The largest absolute Gasteiger partial charge is 0.378 e. The molecule has 0 amide bonds. The third-order valence-electron chi connectivity index (χ3n) is 4.39. The summed E-state index contributed by atoms with van der Waals surface area (Å²) in [5.41, 5.74) is 5.28. The van der Waals surface area contributed by atoms with Gasteiger partial charge in [0.15, 0.2) is 5.78 Å². The minimum atomic E-state index is -0.0754. The van der Waals surface area contributed by atoms with Gasteiger partial charge in [0.05, 0.1) is 6.04 Å². The Kier molecular flexibility index (Phi) is 5.89. The highest BCUT2D eigenvalue weighted by Gasteiger charge is 2.17. The van der Waals surface area contributed by atoms with E-state index in [1.165, 1.54) is 11.1 Å². The molecule has 3 heteroatoms. The summed E-state index contributed by atoms with van der Waals surface area (Å²) in [6.45, 7) is 4.14. The number of aryl methyl sites for hydroxylation is 2. The van der Waals surface area contributed by atoms with Gasteiger partial charge in [-0.1, -0.05) is 70.0 Å². The molecule has 1 unspecified atom stereocenters. The highest BCUT2D eigenvalue weighted by atomic mass is 79.9. The van der Waals surface area contributed by atoms with Gasteiger partial charge in [0, 0.05) is 22.1 Å². The predicted molar refractivity (Wildman–Crippen MR) is 112 cm³/mol. The molecule has 0 saturated heterocycles. The fourth-order valence-corrected chi connectivity index (χ4v) is 3.19. The summed E-state index contributed by atoms with van der Waals surface area (Å²) >= 11 is 3.42. The van der Waals surface area contributed by atoms with Gasteiger partial charge in [-0.2, -0.15) is 0 Å². The Morgan fingerprint density at radius 2 is 1.62 bits per heavy atom. The Morgan fingerprint density at radius 1 is 0.923 bits per heavy atom. The molecule has 1 N–H and O–H groups in total. The minimum Gasteiger partial charge on any atom is -0.378 e. The molecule has 3 rings (SSSR count). The monoisotopic (exact) mass is 407 g/mol. The van der Waals surface area contributed by atoms with Crippen LogP contribution >= 0.6 is 15.9 Å². The third kappa shape index (κ3) is 4.83. The van der Waals surface area contributed by atoms with Crippen LogP contribution in [-0.2, 0) is 0 Å². The zero-order valence-electron chi connectivity index (χ0n) is 15.0. The number of anilines is 1. The molecule has 3 aromatic carbocycles. The number of ketones is 1. The molecule has 0 aliphatic heterocycles. The van der Waals surface area contributed by atoms with Gasteiger partial charge < -0.3 is 5.32 Å². The molecule has 0 heterocycles. The molecule has 1 atom stereocenters. The van der Waals surface area contributed by atoms with Crippen molar-refractivity contribution in [2.24, 2.45) is 0 Å². The molecule has 0 radical (unpaired) electrons. The maximum atomic E-state index is 12.8. The van der Waals surface area contributed by atoms with Crippen LogP contribution in [0.3, 0.4) is 0 Å². The summed E-state index contributed by atoms with van der Waals surface area (Å²) in [7, 11) is 0. The van der Waals surface area contributed by atoms with Gasteiger partial charge in [-0.05, 0) is 49.2 Å². The number of halogens is 1. The molecule has 0 fully saturated rings. The predicted octanol–water partition coefficient (Wildman–Crippen LogP) is 6.49. The maximum Gasteiger partial charge on any atom is 0.165 e. The number of hydrogen-bond donors (Lipinski definition) is 1. The lowest BCUT2D eigenvalue weighted by molar-refractivity contribution is 0.0976. The number of benzene rings is 3. The lowest BCUT2D eigenvalue weighted by Crippen LogP contribution is -2.16. The summed E-state index contributed by atoms with van der Waals surface area (Å²) < 4.78 is 0.974. The first kappa shape index (κ1) is 18.4. The Morgan fingerprint density at radius 3 is 2.27 bits per heavy atom. The van der Waals surface area contributed by atoms with Gasteiger partial charge in [-0.15, -0.1) is 0 Å². The van der Waals surface area contributed by atoms with Gasteiger partial charge in [0.25, 0.3) is 0 Å². The number of Topliss-reactive ketones (excluding diaryl/α,β-unsaturated/α-hetero) is 1. The van der Waals surface area contributed by atoms with Gasteiger partial charge in [-0.25, -0.2) is 0 Å². The van der Waals surface area contributed by atoms with Crippen molar-refractivity contribution in [2.75, 3.05) is 5.32 Å². The fraction of sp³-hybridized carbons (Fsp3) is 0.174. The number of carbonyl (C=O) groups excluding carboxylic acids is 1. The summed E-state index contributed by atoms with van der Waals surface area (Å²) in [4.78, 5) is 12.8. The SMILES string of the molecule is Cc1ccc(C(CC(=O)c2ccc(Br)cc2)Nc2cccc(C)c2)cc1. The number of carbonyl (C=O) groups is 1. The number of nitrogens with one attached hydrogen (secondary N) is 1. The average molecular weight is 408 g/mol. The first-order chi connectivity index (χ1) is 12.5. The third-order valence-corrected chi connectivity index (χ3v) is 4.92. The second-order valence-corrected chi connectivity index (χ2v) is 7.53. The Hall–Kier alpha value is -2.39. The Balaban J connectivity index is 1.85. The first-order valence-electron chi connectivity index (χ1n) is 8.70. The van der Waals surface area contributed by atoms with Crippen molar-refractivity contribution in [3.05, 3.63) is 99.5 Å². The van der Waals surface area contributed by atoms with E-state index in [0.717, 1.165) is 21.3 Å².